The molecule has 0 aliphatic heterocycles. The van der Waals surface area contributed by atoms with Crippen LogP contribution in [0.5, 0.6) is 0 Å². The fraction of sp³-hybridized carbons (Fsp3) is 0.0714. The zero-order valence-electron chi connectivity index (χ0n) is 10.3. The highest BCUT2D eigenvalue weighted by Gasteiger charge is 1.98. The number of hydrogen-bond acceptors (Lipinski definition) is 3. The molecular formula is C14H12IN3O. The van der Waals surface area contributed by atoms with E-state index in [1.165, 1.54) is 0 Å². The van der Waals surface area contributed by atoms with Gasteiger partial charge in [0.05, 0.1) is 5.69 Å². The molecule has 96 valence electrons. The molecule has 0 heterocycles. The van der Waals surface area contributed by atoms with Gasteiger partial charge >= 0.3 is 0 Å². The summed E-state index contributed by atoms with van der Waals surface area (Å²) in [5, 5.41) is 8.03. The van der Waals surface area contributed by atoms with E-state index >= 15 is 0 Å². The molecule has 0 amide bonds. The maximum atomic E-state index is 11.1. The molecule has 4 nitrogen and oxygen atoms in total. The number of benzene rings is 2. The Morgan fingerprint density at radius 2 is 1.79 bits per heavy atom. The Labute approximate surface area is 125 Å². The van der Waals surface area contributed by atoms with Crippen molar-refractivity contribution in [3.8, 4) is 0 Å². The number of rotatable bonds is 4. The van der Waals surface area contributed by atoms with E-state index in [2.05, 4.69) is 38.4 Å². The van der Waals surface area contributed by atoms with Crippen LogP contribution in [0.2, 0.25) is 0 Å². The third-order valence-electron chi connectivity index (χ3n) is 2.48. The average Bonchev–Trinajstić information content (AvgIpc) is 2.41. The minimum absolute atomic E-state index is 0.0482. The highest BCUT2D eigenvalue weighted by atomic mass is 127. The molecule has 0 unspecified atom stereocenters. The summed E-state index contributed by atoms with van der Waals surface area (Å²) in [6.07, 6.45) is 0. The van der Waals surface area contributed by atoms with Crippen molar-refractivity contribution in [2.45, 2.75) is 6.92 Å². The van der Waals surface area contributed by atoms with E-state index < -0.39 is 0 Å². The maximum absolute atomic E-state index is 11.1. The lowest BCUT2D eigenvalue weighted by Gasteiger charge is -2.00. The highest BCUT2D eigenvalue weighted by Crippen LogP contribution is 2.20. The van der Waals surface area contributed by atoms with Crippen molar-refractivity contribution in [1.82, 2.24) is 0 Å². The van der Waals surface area contributed by atoms with Crippen LogP contribution in [0.25, 0.3) is 0 Å². The van der Waals surface area contributed by atoms with Crippen LogP contribution in [0.15, 0.2) is 58.9 Å². The van der Waals surface area contributed by atoms with Gasteiger partial charge in [0.1, 0.15) is 5.69 Å². The normalized spacial score (nSPS) is 10.6. The average molecular weight is 365 g/mol. The van der Waals surface area contributed by atoms with Crippen molar-refractivity contribution in [2.24, 2.45) is 10.3 Å². The SMILES string of the molecule is CC(=O)c1ccc(NN=Nc2ccccc2I)cc1. The van der Waals surface area contributed by atoms with Crippen molar-refractivity contribution < 1.29 is 4.79 Å². The summed E-state index contributed by atoms with van der Waals surface area (Å²) in [6.45, 7) is 1.54. The molecule has 2 aromatic carbocycles. The zero-order chi connectivity index (χ0) is 13.7. The Bertz CT molecular complexity index is 608. The van der Waals surface area contributed by atoms with E-state index in [1.54, 1.807) is 31.2 Å². The summed E-state index contributed by atoms with van der Waals surface area (Å²) in [6, 6.07) is 14.8. The molecule has 0 radical (unpaired) electrons. The van der Waals surface area contributed by atoms with Gasteiger partial charge < -0.3 is 0 Å². The van der Waals surface area contributed by atoms with Crippen LogP contribution >= 0.6 is 22.6 Å². The molecule has 0 saturated carbocycles. The van der Waals surface area contributed by atoms with E-state index in [0.29, 0.717) is 5.56 Å². The second-order valence-corrected chi connectivity index (χ2v) is 5.06. The summed E-state index contributed by atoms with van der Waals surface area (Å²) >= 11 is 2.21. The number of anilines is 1. The highest BCUT2D eigenvalue weighted by molar-refractivity contribution is 14.1. The summed E-state index contributed by atoms with van der Waals surface area (Å²) in [5.74, 6) is 0.0482. The molecule has 1 N–H and O–H groups in total. The van der Waals surface area contributed by atoms with Gasteiger partial charge in [0.2, 0.25) is 0 Å². The van der Waals surface area contributed by atoms with E-state index in [4.69, 9.17) is 0 Å². The number of hydrogen-bond donors (Lipinski definition) is 1. The molecule has 0 spiro atoms. The van der Waals surface area contributed by atoms with E-state index in [9.17, 15) is 4.79 Å². The van der Waals surface area contributed by atoms with Crippen molar-refractivity contribution in [3.63, 3.8) is 0 Å². The van der Waals surface area contributed by atoms with Crippen LogP contribution in [-0.4, -0.2) is 5.78 Å². The Kier molecular flexibility index (Phi) is 4.62. The van der Waals surface area contributed by atoms with Crippen molar-refractivity contribution in [2.75, 3.05) is 5.43 Å². The number of ketones is 1. The standard InChI is InChI=1S/C14H12IN3O/c1-10(19)11-6-8-12(9-7-11)16-18-17-14-5-3-2-4-13(14)15/h2-9H,1H3,(H,16,17). The number of nitrogens with one attached hydrogen (secondary N) is 1. The van der Waals surface area contributed by atoms with Gasteiger partial charge in [0, 0.05) is 9.13 Å². The van der Waals surface area contributed by atoms with Gasteiger partial charge in [-0.05, 0) is 65.9 Å². The molecule has 0 atom stereocenters. The Hall–Kier alpha value is -1.76. The summed E-state index contributed by atoms with van der Waals surface area (Å²) in [5.41, 5.74) is 5.12. The minimum atomic E-state index is 0.0482. The third kappa shape index (κ3) is 3.85. The first-order chi connectivity index (χ1) is 9.16. The zero-order valence-corrected chi connectivity index (χ0v) is 12.5. The predicted octanol–water partition coefficient (Wildman–Crippen LogP) is 4.60. The van der Waals surface area contributed by atoms with Crippen molar-refractivity contribution >= 4 is 39.7 Å². The van der Waals surface area contributed by atoms with E-state index in [-0.39, 0.29) is 5.78 Å². The summed E-state index contributed by atoms with van der Waals surface area (Å²) in [7, 11) is 0. The van der Waals surface area contributed by atoms with Gasteiger partial charge in [-0.2, -0.15) is 0 Å². The van der Waals surface area contributed by atoms with Gasteiger partial charge in [0.25, 0.3) is 0 Å². The van der Waals surface area contributed by atoms with E-state index in [0.717, 1.165) is 14.9 Å². The fourth-order valence-corrected chi connectivity index (χ4v) is 1.94. The monoisotopic (exact) mass is 365 g/mol. The lowest BCUT2D eigenvalue weighted by Crippen LogP contribution is -1.92. The van der Waals surface area contributed by atoms with E-state index in [1.807, 2.05) is 24.3 Å². The quantitative estimate of drug-likeness (QED) is 0.373. The van der Waals surface area contributed by atoms with Gasteiger partial charge in [-0.1, -0.05) is 17.4 Å². The van der Waals surface area contributed by atoms with Crippen molar-refractivity contribution in [1.29, 1.82) is 0 Å². The summed E-state index contributed by atoms with van der Waals surface area (Å²) in [4.78, 5) is 11.1. The lowest BCUT2D eigenvalue weighted by atomic mass is 10.1. The fourth-order valence-electron chi connectivity index (χ4n) is 1.45. The van der Waals surface area contributed by atoms with Crippen LogP contribution in [0.1, 0.15) is 17.3 Å². The van der Waals surface area contributed by atoms with Crippen LogP contribution < -0.4 is 5.43 Å². The van der Waals surface area contributed by atoms with Crippen molar-refractivity contribution in [3.05, 3.63) is 57.7 Å². The molecule has 19 heavy (non-hydrogen) atoms. The molecule has 2 rings (SSSR count). The second kappa shape index (κ2) is 6.42. The predicted molar refractivity (Wildman–Crippen MR) is 83.7 cm³/mol. The third-order valence-corrected chi connectivity index (χ3v) is 3.39. The molecule has 0 aromatic heterocycles. The van der Waals surface area contributed by atoms with Crippen LogP contribution in [0.3, 0.4) is 0 Å². The smallest absolute Gasteiger partial charge is 0.159 e. The number of carbonyl (C=O) groups excluding carboxylic acids is 1. The number of carbonyl (C=O) groups is 1. The molecule has 5 heteroatoms. The Morgan fingerprint density at radius 1 is 1.11 bits per heavy atom. The first-order valence-electron chi connectivity index (χ1n) is 5.69. The van der Waals surface area contributed by atoms with Gasteiger partial charge in [-0.3, -0.25) is 10.2 Å². The number of Topliss-reactive ketones (excluding diaryl/α,β-unsaturated/α-hetero) is 1. The molecular weight excluding hydrogens is 353 g/mol. The van der Waals surface area contributed by atoms with Crippen LogP contribution in [0.4, 0.5) is 11.4 Å². The van der Waals surface area contributed by atoms with Gasteiger partial charge in [0.15, 0.2) is 5.78 Å². The maximum Gasteiger partial charge on any atom is 0.159 e. The first kappa shape index (κ1) is 13.7. The molecule has 0 saturated heterocycles. The Balaban J connectivity index is 2.03. The summed E-state index contributed by atoms with van der Waals surface area (Å²) < 4.78 is 1.04. The number of halogens is 1. The molecule has 0 aliphatic rings. The Morgan fingerprint density at radius 3 is 2.42 bits per heavy atom. The molecule has 0 fully saturated rings. The van der Waals surface area contributed by atoms with Crippen LogP contribution in [-0.2, 0) is 0 Å². The van der Waals surface area contributed by atoms with Gasteiger partial charge in [-0.15, -0.1) is 5.11 Å². The molecule has 0 aliphatic carbocycles. The lowest BCUT2D eigenvalue weighted by molar-refractivity contribution is 0.101. The minimum Gasteiger partial charge on any atom is -0.295 e. The first-order valence-corrected chi connectivity index (χ1v) is 6.77. The van der Waals surface area contributed by atoms with Crippen LogP contribution in [0, 0.1) is 3.57 Å². The molecule has 0 bridgehead atoms. The molecule has 2 aromatic rings. The van der Waals surface area contributed by atoms with Gasteiger partial charge in [-0.25, -0.2) is 0 Å². The topological polar surface area (TPSA) is 53.8 Å². The second-order valence-electron chi connectivity index (χ2n) is 3.90. The number of nitrogens with zero attached hydrogens (tertiary/aromatic N) is 2. The largest absolute Gasteiger partial charge is 0.295 e.